The molecule has 0 amide bonds. The maximum absolute atomic E-state index is 11.5. The summed E-state index contributed by atoms with van der Waals surface area (Å²) < 4.78 is 12.3. The molecule has 35 heavy (non-hydrogen) atoms. The van der Waals surface area contributed by atoms with Gasteiger partial charge in [-0.2, -0.15) is 0 Å². The van der Waals surface area contributed by atoms with Crippen LogP contribution in [0.25, 0.3) is 0 Å². The van der Waals surface area contributed by atoms with Crippen molar-refractivity contribution in [2.24, 2.45) is 0 Å². The van der Waals surface area contributed by atoms with Crippen LogP contribution >= 0.6 is 0 Å². The van der Waals surface area contributed by atoms with Crippen LogP contribution in [0.15, 0.2) is 104 Å². The average molecular weight is 474 g/mol. The Morgan fingerprint density at radius 1 is 0.714 bits per heavy atom. The highest BCUT2D eigenvalue weighted by atomic mass is 16.5. The molecule has 1 heterocycles. The van der Waals surface area contributed by atoms with Gasteiger partial charge in [0.25, 0.3) is 0 Å². The van der Waals surface area contributed by atoms with E-state index in [0.29, 0.717) is 32.8 Å². The SMILES string of the molecule is C=CC[C@@H]1[C@H](O)[C@@H](OCc2ccccc2)[C@H](O)[C@@H](COCc2ccccc2)N1Cc1ccccc1. The number of likely N-dealkylation sites (tertiary alicyclic amines) is 1. The average Bonchev–Trinajstić information content (AvgIpc) is 2.90. The van der Waals surface area contributed by atoms with Crippen LogP contribution in [0, 0.1) is 0 Å². The van der Waals surface area contributed by atoms with Gasteiger partial charge >= 0.3 is 0 Å². The van der Waals surface area contributed by atoms with Gasteiger partial charge in [-0.25, -0.2) is 0 Å². The maximum Gasteiger partial charge on any atom is 0.113 e. The minimum atomic E-state index is -0.922. The van der Waals surface area contributed by atoms with Crippen LogP contribution in [0.1, 0.15) is 23.1 Å². The Hall–Kier alpha value is -2.80. The van der Waals surface area contributed by atoms with Crippen molar-refractivity contribution in [1.29, 1.82) is 0 Å². The number of aliphatic hydroxyl groups is 2. The van der Waals surface area contributed by atoms with E-state index in [-0.39, 0.29) is 12.1 Å². The second-order valence-electron chi connectivity index (χ2n) is 9.06. The van der Waals surface area contributed by atoms with Crippen LogP contribution in [-0.4, -0.2) is 52.1 Å². The van der Waals surface area contributed by atoms with Crippen molar-refractivity contribution in [2.75, 3.05) is 6.61 Å². The van der Waals surface area contributed by atoms with Gasteiger partial charge in [0.2, 0.25) is 0 Å². The minimum absolute atomic E-state index is 0.262. The highest BCUT2D eigenvalue weighted by Crippen LogP contribution is 2.31. The first-order valence-corrected chi connectivity index (χ1v) is 12.2. The van der Waals surface area contributed by atoms with Gasteiger partial charge < -0.3 is 19.7 Å². The summed E-state index contributed by atoms with van der Waals surface area (Å²) in [6, 6.07) is 29.3. The third-order valence-electron chi connectivity index (χ3n) is 6.62. The van der Waals surface area contributed by atoms with E-state index in [0.717, 1.165) is 16.7 Å². The van der Waals surface area contributed by atoms with Crippen molar-refractivity contribution in [1.82, 2.24) is 4.90 Å². The van der Waals surface area contributed by atoms with Crippen molar-refractivity contribution in [2.45, 2.75) is 56.6 Å². The Kier molecular flexibility index (Phi) is 9.23. The van der Waals surface area contributed by atoms with Gasteiger partial charge in [-0.1, -0.05) is 97.1 Å². The highest BCUT2D eigenvalue weighted by molar-refractivity contribution is 5.17. The number of aliphatic hydroxyl groups excluding tert-OH is 2. The topological polar surface area (TPSA) is 62.2 Å². The molecule has 0 bridgehead atoms. The number of rotatable bonds is 11. The van der Waals surface area contributed by atoms with E-state index in [1.165, 1.54) is 0 Å². The molecule has 1 aliphatic heterocycles. The second kappa shape index (κ2) is 12.8. The standard InChI is InChI=1S/C30H35NO4/c1-2-12-26-28(32)30(35-21-25-17-10-5-11-18-25)29(33)27(22-34-20-24-15-8-4-9-16-24)31(26)19-23-13-6-3-7-14-23/h2-11,13-18,26-30,32-33H,1,12,19-22H2/t26-,27-,28+,29-,30-/m1/s1. The third kappa shape index (κ3) is 6.66. The van der Waals surface area contributed by atoms with Crippen LogP contribution in [0.3, 0.4) is 0 Å². The number of nitrogens with zero attached hydrogens (tertiary/aromatic N) is 1. The van der Waals surface area contributed by atoms with Gasteiger partial charge in [0.05, 0.1) is 32.0 Å². The van der Waals surface area contributed by atoms with Crippen molar-refractivity contribution in [3.05, 3.63) is 120 Å². The van der Waals surface area contributed by atoms with E-state index in [1.54, 1.807) is 0 Å². The largest absolute Gasteiger partial charge is 0.389 e. The van der Waals surface area contributed by atoms with E-state index in [1.807, 2.05) is 84.9 Å². The summed E-state index contributed by atoms with van der Waals surface area (Å²) in [6.45, 7) is 5.59. The third-order valence-corrected chi connectivity index (χ3v) is 6.62. The van der Waals surface area contributed by atoms with Gasteiger partial charge in [-0.05, 0) is 23.1 Å². The van der Waals surface area contributed by atoms with Crippen molar-refractivity contribution in [3.8, 4) is 0 Å². The van der Waals surface area contributed by atoms with E-state index < -0.39 is 18.3 Å². The summed E-state index contributed by atoms with van der Waals surface area (Å²) in [5, 5.41) is 22.8. The van der Waals surface area contributed by atoms with Crippen molar-refractivity contribution < 1.29 is 19.7 Å². The maximum atomic E-state index is 11.5. The molecule has 184 valence electrons. The summed E-state index contributed by atoms with van der Waals surface area (Å²) in [6.07, 6.45) is -0.145. The molecule has 0 radical (unpaired) electrons. The predicted molar refractivity (Wildman–Crippen MR) is 138 cm³/mol. The number of ether oxygens (including phenoxy) is 2. The molecule has 2 N–H and O–H groups in total. The first-order chi connectivity index (χ1) is 17.2. The molecule has 5 heteroatoms. The molecule has 4 rings (SSSR count). The number of hydrogen-bond acceptors (Lipinski definition) is 5. The van der Waals surface area contributed by atoms with Crippen LogP contribution in [0.4, 0.5) is 0 Å². The first kappa shape index (κ1) is 25.3. The van der Waals surface area contributed by atoms with Gasteiger partial charge in [-0.3, -0.25) is 4.90 Å². The van der Waals surface area contributed by atoms with E-state index >= 15 is 0 Å². The Morgan fingerprint density at radius 2 is 1.23 bits per heavy atom. The van der Waals surface area contributed by atoms with Crippen LogP contribution in [-0.2, 0) is 29.2 Å². The molecule has 0 aliphatic carbocycles. The Morgan fingerprint density at radius 3 is 1.80 bits per heavy atom. The number of benzene rings is 3. The highest BCUT2D eigenvalue weighted by Gasteiger charge is 2.48. The lowest BCUT2D eigenvalue weighted by Crippen LogP contribution is -2.67. The Labute approximate surface area is 208 Å². The monoisotopic (exact) mass is 473 g/mol. The van der Waals surface area contributed by atoms with Gasteiger partial charge in [-0.15, -0.1) is 6.58 Å². The fraction of sp³-hybridized carbons (Fsp3) is 0.333. The quantitative estimate of drug-likeness (QED) is 0.406. The molecule has 5 nitrogen and oxygen atoms in total. The summed E-state index contributed by atoms with van der Waals surface area (Å²) in [4.78, 5) is 2.15. The zero-order valence-corrected chi connectivity index (χ0v) is 20.0. The smallest absolute Gasteiger partial charge is 0.113 e. The fourth-order valence-electron chi connectivity index (χ4n) is 4.78. The van der Waals surface area contributed by atoms with E-state index in [2.05, 4.69) is 23.6 Å². The molecule has 3 aromatic rings. The predicted octanol–water partition coefficient (Wildman–Crippen LogP) is 4.34. The van der Waals surface area contributed by atoms with Gasteiger partial charge in [0.15, 0.2) is 0 Å². The Balaban J connectivity index is 1.55. The molecule has 0 spiro atoms. The lowest BCUT2D eigenvalue weighted by Gasteiger charge is -2.50. The number of hydrogen-bond donors (Lipinski definition) is 2. The lowest BCUT2D eigenvalue weighted by molar-refractivity contribution is -0.199. The molecule has 5 atom stereocenters. The van der Waals surface area contributed by atoms with Crippen molar-refractivity contribution >= 4 is 0 Å². The molecule has 0 saturated carbocycles. The summed E-state index contributed by atoms with van der Waals surface area (Å²) >= 11 is 0. The molecular formula is C30H35NO4. The Bertz CT molecular complexity index is 1010. The van der Waals surface area contributed by atoms with E-state index in [9.17, 15) is 10.2 Å². The summed E-state index contributed by atoms with van der Waals surface area (Å²) in [7, 11) is 0. The molecule has 0 unspecified atom stereocenters. The normalized spacial score (nSPS) is 24.8. The van der Waals surface area contributed by atoms with Crippen LogP contribution in [0.2, 0.25) is 0 Å². The molecule has 1 aliphatic rings. The summed E-state index contributed by atoms with van der Waals surface area (Å²) in [5.74, 6) is 0. The van der Waals surface area contributed by atoms with Gasteiger partial charge in [0, 0.05) is 12.6 Å². The molecule has 3 aromatic carbocycles. The second-order valence-corrected chi connectivity index (χ2v) is 9.06. The molecule has 0 aromatic heterocycles. The minimum Gasteiger partial charge on any atom is -0.389 e. The van der Waals surface area contributed by atoms with E-state index in [4.69, 9.17) is 9.47 Å². The first-order valence-electron chi connectivity index (χ1n) is 12.2. The zero-order chi connectivity index (χ0) is 24.5. The van der Waals surface area contributed by atoms with Crippen LogP contribution in [0.5, 0.6) is 0 Å². The number of piperidine rings is 1. The molecule has 1 fully saturated rings. The molecule has 1 saturated heterocycles. The van der Waals surface area contributed by atoms with Gasteiger partial charge in [0.1, 0.15) is 12.2 Å². The van der Waals surface area contributed by atoms with Crippen molar-refractivity contribution in [3.63, 3.8) is 0 Å². The van der Waals surface area contributed by atoms with Crippen LogP contribution < -0.4 is 0 Å². The fourth-order valence-corrected chi connectivity index (χ4v) is 4.78. The zero-order valence-electron chi connectivity index (χ0n) is 20.0. The lowest BCUT2D eigenvalue weighted by atomic mass is 9.85. The molecular weight excluding hydrogens is 438 g/mol. The summed E-state index contributed by atoms with van der Waals surface area (Å²) in [5.41, 5.74) is 3.18.